The summed E-state index contributed by atoms with van der Waals surface area (Å²) in [5, 5.41) is 2.91. The number of rotatable bonds is 5. The lowest BCUT2D eigenvalue weighted by Crippen LogP contribution is -2.29. The van der Waals surface area contributed by atoms with Crippen molar-refractivity contribution in [2.24, 2.45) is 5.92 Å². The van der Waals surface area contributed by atoms with Crippen molar-refractivity contribution in [3.8, 4) is 0 Å². The number of amides is 2. The van der Waals surface area contributed by atoms with E-state index in [0.29, 0.717) is 11.3 Å². The highest BCUT2D eigenvalue weighted by Crippen LogP contribution is 2.33. The molecule has 0 heterocycles. The van der Waals surface area contributed by atoms with E-state index >= 15 is 0 Å². The summed E-state index contributed by atoms with van der Waals surface area (Å²) in [6.45, 7) is 0. The normalized spacial score (nSPS) is 13.2. The van der Waals surface area contributed by atoms with E-state index in [1.165, 1.54) is 0 Å². The van der Waals surface area contributed by atoms with Gasteiger partial charge in [0, 0.05) is 38.4 Å². The number of hydrogen-bond donors (Lipinski definition) is 1. The van der Waals surface area contributed by atoms with E-state index < -0.39 is 0 Å². The van der Waals surface area contributed by atoms with Gasteiger partial charge in [-0.3, -0.25) is 9.59 Å². The second-order valence-corrected chi connectivity index (χ2v) is 6.58. The predicted octanol–water partition coefficient (Wildman–Crippen LogP) is 3.38. The molecule has 2 aromatic rings. The fourth-order valence-corrected chi connectivity index (χ4v) is 2.72. The zero-order valence-electron chi connectivity index (χ0n) is 14.8. The first-order chi connectivity index (χ1) is 12.0. The minimum atomic E-state index is -0.219. The van der Waals surface area contributed by atoms with Gasteiger partial charge in [-0.2, -0.15) is 0 Å². The molecular formula is C20H23N3O2. The third-order valence-corrected chi connectivity index (χ3v) is 4.41. The SMILES string of the molecule is CN(C)c1ccc(NC(=O)c2ccccc2N(C)C(=O)C2CC2)cc1. The maximum atomic E-state index is 12.7. The molecule has 3 rings (SSSR count). The second kappa shape index (κ2) is 6.97. The molecule has 130 valence electrons. The molecule has 5 heteroatoms. The van der Waals surface area contributed by atoms with Crippen LogP contribution in [0.2, 0.25) is 0 Å². The van der Waals surface area contributed by atoms with Crippen LogP contribution in [0.4, 0.5) is 17.1 Å². The lowest BCUT2D eigenvalue weighted by atomic mass is 10.1. The maximum Gasteiger partial charge on any atom is 0.257 e. The molecule has 0 saturated heterocycles. The van der Waals surface area contributed by atoms with Crippen LogP contribution in [0.25, 0.3) is 0 Å². The van der Waals surface area contributed by atoms with E-state index in [-0.39, 0.29) is 17.7 Å². The molecule has 25 heavy (non-hydrogen) atoms. The summed E-state index contributed by atoms with van der Waals surface area (Å²) in [6, 6.07) is 14.8. The minimum Gasteiger partial charge on any atom is -0.378 e. The Bertz CT molecular complexity index is 780. The van der Waals surface area contributed by atoms with Gasteiger partial charge in [0.2, 0.25) is 5.91 Å². The third kappa shape index (κ3) is 3.82. The average molecular weight is 337 g/mol. The molecule has 5 nitrogen and oxygen atoms in total. The fraction of sp³-hybridized carbons (Fsp3) is 0.300. The van der Waals surface area contributed by atoms with Gasteiger partial charge in [-0.1, -0.05) is 12.1 Å². The molecule has 1 aliphatic carbocycles. The smallest absolute Gasteiger partial charge is 0.257 e. The molecule has 0 radical (unpaired) electrons. The average Bonchev–Trinajstić information content (AvgIpc) is 3.46. The Hall–Kier alpha value is -2.82. The van der Waals surface area contributed by atoms with Crippen molar-refractivity contribution >= 4 is 28.9 Å². The molecule has 0 atom stereocenters. The van der Waals surface area contributed by atoms with Gasteiger partial charge in [0.15, 0.2) is 0 Å². The highest BCUT2D eigenvalue weighted by Gasteiger charge is 2.33. The molecule has 2 aromatic carbocycles. The van der Waals surface area contributed by atoms with Crippen molar-refractivity contribution in [3.63, 3.8) is 0 Å². The molecule has 0 aromatic heterocycles. The summed E-state index contributed by atoms with van der Waals surface area (Å²) < 4.78 is 0. The van der Waals surface area contributed by atoms with Gasteiger partial charge in [-0.05, 0) is 49.2 Å². The maximum absolute atomic E-state index is 12.7. The van der Waals surface area contributed by atoms with Crippen molar-refractivity contribution in [1.82, 2.24) is 0 Å². The first kappa shape index (κ1) is 17.0. The molecule has 0 aliphatic heterocycles. The van der Waals surface area contributed by atoms with Crippen LogP contribution >= 0.6 is 0 Å². The number of para-hydroxylation sites is 1. The summed E-state index contributed by atoms with van der Waals surface area (Å²) in [5.41, 5.74) is 2.92. The first-order valence-corrected chi connectivity index (χ1v) is 8.42. The number of carbonyl (C=O) groups excluding carboxylic acids is 2. The summed E-state index contributed by atoms with van der Waals surface area (Å²) in [4.78, 5) is 28.6. The largest absolute Gasteiger partial charge is 0.378 e. The Labute approximate surface area is 148 Å². The molecule has 1 saturated carbocycles. The van der Waals surface area contributed by atoms with Gasteiger partial charge in [-0.15, -0.1) is 0 Å². The number of hydrogen-bond acceptors (Lipinski definition) is 3. The van der Waals surface area contributed by atoms with Gasteiger partial charge >= 0.3 is 0 Å². The molecule has 0 bridgehead atoms. The molecule has 1 fully saturated rings. The van der Waals surface area contributed by atoms with E-state index in [1.54, 1.807) is 18.0 Å². The highest BCUT2D eigenvalue weighted by atomic mass is 16.2. The summed E-state index contributed by atoms with van der Waals surface area (Å²) in [7, 11) is 5.67. The lowest BCUT2D eigenvalue weighted by Gasteiger charge is -2.20. The van der Waals surface area contributed by atoms with E-state index in [1.807, 2.05) is 61.5 Å². The molecular weight excluding hydrogens is 314 g/mol. The summed E-state index contributed by atoms with van der Waals surface area (Å²) in [6.07, 6.45) is 1.88. The van der Waals surface area contributed by atoms with E-state index in [9.17, 15) is 9.59 Å². The van der Waals surface area contributed by atoms with E-state index in [2.05, 4.69) is 5.32 Å². The van der Waals surface area contributed by atoms with Gasteiger partial charge < -0.3 is 15.1 Å². The number of nitrogens with one attached hydrogen (secondary N) is 1. The van der Waals surface area contributed by atoms with Crippen molar-refractivity contribution in [2.45, 2.75) is 12.8 Å². The molecule has 0 spiro atoms. The lowest BCUT2D eigenvalue weighted by molar-refractivity contribution is -0.119. The summed E-state index contributed by atoms with van der Waals surface area (Å²) in [5.74, 6) is -0.0288. The van der Waals surface area contributed by atoms with Crippen LogP contribution in [0, 0.1) is 5.92 Å². The predicted molar refractivity (Wildman–Crippen MR) is 101 cm³/mol. The molecule has 1 N–H and O–H groups in total. The van der Waals surface area contributed by atoms with Crippen LogP contribution in [0.1, 0.15) is 23.2 Å². The number of carbonyl (C=O) groups is 2. The van der Waals surface area contributed by atoms with Gasteiger partial charge in [0.05, 0.1) is 11.3 Å². The highest BCUT2D eigenvalue weighted by molar-refractivity contribution is 6.11. The van der Waals surface area contributed by atoms with Gasteiger partial charge in [-0.25, -0.2) is 0 Å². The second-order valence-electron chi connectivity index (χ2n) is 6.58. The van der Waals surface area contributed by atoms with Crippen LogP contribution in [-0.4, -0.2) is 33.0 Å². The fourth-order valence-electron chi connectivity index (χ4n) is 2.72. The monoisotopic (exact) mass is 337 g/mol. The molecule has 1 aliphatic rings. The van der Waals surface area contributed by atoms with Crippen LogP contribution in [-0.2, 0) is 4.79 Å². The van der Waals surface area contributed by atoms with Crippen LogP contribution in [0.3, 0.4) is 0 Å². The third-order valence-electron chi connectivity index (χ3n) is 4.41. The zero-order valence-corrected chi connectivity index (χ0v) is 14.8. The van der Waals surface area contributed by atoms with Crippen LogP contribution in [0.5, 0.6) is 0 Å². The minimum absolute atomic E-state index is 0.0792. The Morgan fingerprint density at radius 3 is 2.20 bits per heavy atom. The quantitative estimate of drug-likeness (QED) is 0.910. The van der Waals surface area contributed by atoms with Gasteiger partial charge in [0.1, 0.15) is 0 Å². The number of nitrogens with zero attached hydrogens (tertiary/aromatic N) is 2. The van der Waals surface area contributed by atoms with Gasteiger partial charge in [0.25, 0.3) is 5.91 Å². The van der Waals surface area contributed by atoms with Crippen molar-refractivity contribution in [3.05, 3.63) is 54.1 Å². The molecule has 0 unspecified atom stereocenters. The van der Waals surface area contributed by atoms with Crippen molar-refractivity contribution in [1.29, 1.82) is 0 Å². The number of benzene rings is 2. The molecule has 2 amide bonds. The van der Waals surface area contributed by atoms with Crippen LogP contribution < -0.4 is 15.1 Å². The van der Waals surface area contributed by atoms with Crippen molar-refractivity contribution in [2.75, 3.05) is 36.3 Å². The topological polar surface area (TPSA) is 52.7 Å². The standard InChI is InChI=1S/C20H23N3O2/c1-22(2)16-12-10-15(11-13-16)21-19(24)17-6-4-5-7-18(17)23(3)20(25)14-8-9-14/h4-7,10-14H,8-9H2,1-3H3,(H,21,24). The van der Waals surface area contributed by atoms with Crippen LogP contribution in [0.15, 0.2) is 48.5 Å². The number of anilines is 3. The zero-order chi connectivity index (χ0) is 18.0. The summed E-state index contributed by atoms with van der Waals surface area (Å²) >= 11 is 0. The Morgan fingerprint density at radius 1 is 0.960 bits per heavy atom. The van der Waals surface area contributed by atoms with Crippen molar-refractivity contribution < 1.29 is 9.59 Å². The Kier molecular flexibility index (Phi) is 4.74. The van der Waals surface area contributed by atoms with E-state index in [0.717, 1.165) is 24.2 Å². The Balaban J connectivity index is 1.79. The Morgan fingerprint density at radius 2 is 1.60 bits per heavy atom. The van der Waals surface area contributed by atoms with E-state index in [4.69, 9.17) is 0 Å². The first-order valence-electron chi connectivity index (χ1n) is 8.42.